The van der Waals surface area contributed by atoms with Crippen LogP contribution >= 0.6 is 11.3 Å². The van der Waals surface area contributed by atoms with Gasteiger partial charge in [0.05, 0.1) is 0 Å². The number of hydrogen-bond donors (Lipinski definition) is 1. The molecule has 1 aromatic rings. The molecule has 3 heteroatoms. The van der Waals surface area contributed by atoms with Gasteiger partial charge in [0.2, 0.25) is 5.91 Å². The van der Waals surface area contributed by atoms with Gasteiger partial charge in [-0.2, -0.15) is 11.3 Å². The zero-order valence-corrected chi connectivity index (χ0v) is 9.07. The molecule has 0 saturated carbocycles. The van der Waals surface area contributed by atoms with Gasteiger partial charge in [0.25, 0.3) is 0 Å². The molecule has 0 spiro atoms. The number of thiophene rings is 1. The monoisotopic (exact) mass is 197 g/mol. The van der Waals surface area contributed by atoms with Gasteiger partial charge in [-0.15, -0.1) is 0 Å². The van der Waals surface area contributed by atoms with Crippen LogP contribution in [0.4, 0.5) is 0 Å². The van der Waals surface area contributed by atoms with E-state index in [9.17, 15) is 4.79 Å². The fourth-order valence-electron chi connectivity index (χ4n) is 0.841. The van der Waals surface area contributed by atoms with Gasteiger partial charge in [-0.25, -0.2) is 0 Å². The Labute approximate surface area is 83.0 Å². The van der Waals surface area contributed by atoms with E-state index in [1.807, 2.05) is 37.6 Å². The molecule has 0 aliphatic rings. The van der Waals surface area contributed by atoms with Gasteiger partial charge in [-0.3, -0.25) is 4.79 Å². The summed E-state index contributed by atoms with van der Waals surface area (Å²) in [6, 6.07) is 2.02. The van der Waals surface area contributed by atoms with Crippen LogP contribution in [0, 0.1) is 5.41 Å². The molecule has 0 bridgehead atoms. The van der Waals surface area contributed by atoms with Crippen molar-refractivity contribution in [2.24, 2.45) is 5.41 Å². The summed E-state index contributed by atoms with van der Waals surface area (Å²) in [5, 5.41) is 6.95. The lowest BCUT2D eigenvalue weighted by atomic mass is 9.96. The standard InChI is InChI=1S/C10H15NOS/c1-10(2,3)9(12)11-6-8-4-5-13-7-8/h4-5,7H,6H2,1-3H3,(H,11,12). The SMILES string of the molecule is CC(C)(C)C(=O)NCc1ccsc1. The topological polar surface area (TPSA) is 29.1 Å². The van der Waals surface area contributed by atoms with Crippen molar-refractivity contribution in [2.45, 2.75) is 27.3 Å². The van der Waals surface area contributed by atoms with E-state index in [0.29, 0.717) is 6.54 Å². The normalized spacial score (nSPS) is 11.3. The van der Waals surface area contributed by atoms with Gasteiger partial charge in [0.15, 0.2) is 0 Å². The van der Waals surface area contributed by atoms with Crippen LogP contribution < -0.4 is 5.32 Å². The molecule has 1 aromatic heterocycles. The first kappa shape index (κ1) is 10.3. The van der Waals surface area contributed by atoms with E-state index >= 15 is 0 Å². The molecule has 2 nitrogen and oxygen atoms in total. The summed E-state index contributed by atoms with van der Waals surface area (Å²) in [7, 11) is 0. The van der Waals surface area contributed by atoms with Crippen LogP contribution in [0.2, 0.25) is 0 Å². The first-order chi connectivity index (χ1) is 6.00. The van der Waals surface area contributed by atoms with Crippen molar-refractivity contribution in [3.63, 3.8) is 0 Å². The Bertz CT molecular complexity index is 272. The molecule has 0 atom stereocenters. The van der Waals surface area contributed by atoms with E-state index < -0.39 is 0 Å². The highest BCUT2D eigenvalue weighted by molar-refractivity contribution is 7.07. The summed E-state index contributed by atoms with van der Waals surface area (Å²) < 4.78 is 0. The first-order valence-electron chi connectivity index (χ1n) is 4.29. The average molecular weight is 197 g/mol. The first-order valence-corrected chi connectivity index (χ1v) is 5.24. The maximum absolute atomic E-state index is 11.5. The van der Waals surface area contributed by atoms with Crippen molar-refractivity contribution in [1.82, 2.24) is 5.32 Å². The minimum Gasteiger partial charge on any atom is -0.352 e. The number of hydrogen-bond acceptors (Lipinski definition) is 2. The lowest BCUT2D eigenvalue weighted by molar-refractivity contribution is -0.128. The predicted octanol–water partition coefficient (Wildman–Crippen LogP) is 2.41. The van der Waals surface area contributed by atoms with Gasteiger partial charge in [0.1, 0.15) is 0 Å². The Morgan fingerprint density at radius 3 is 2.69 bits per heavy atom. The van der Waals surface area contributed by atoms with Crippen LogP contribution in [0.5, 0.6) is 0 Å². The minimum atomic E-state index is -0.296. The molecule has 0 radical (unpaired) electrons. The molecular weight excluding hydrogens is 182 g/mol. The molecule has 1 heterocycles. The number of nitrogens with one attached hydrogen (secondary N) is 1. The van der Waals surface area contributed by atoms with E-state index in [1.54, 1.807) is 11.3 Å². The molecule has 1 rings (SSSR count). The van der Waals surface area contributed by atoms with Gasteiger partial charge in [-0.05, 0) is 22.4 Å². The highest BCUT2D eigenvalue weighted by atomic mass is 32.1. The second kappa shape index (κ2) is 3.92. The Hall–Kier alpha value is -0.830. The molecule has 1 amide bonds. The fraction of sp³-hybridized carbons (Fsp3) is 0.500. The minimum absolute atomic E-state index is 0.0960. The van der Waals surface area contributed by atoms with Crippen LogP contribution in [-0.4, -0.2) is 5.91 Å². The Kier molecular flexibility index (Phi) is 3.09. The molecule has 0 saturated heterocycles. The zero-order valence-electron chi connectivity index (χ0n) is 8.26. The van der Waals surface area contributed by atoms with Crippen LogP contribution in [-0.2, 0) is 11.3 Å². The van der Waals surface area contributed by atoms with Gasteiger partial charge < -0.3 is 5.32 Å². The lowest BCUT2D eigenvalue weighted by Gasteiger charge is -2.17. The number of amides is 1. The average Bonchev–Trinajstić information content (AvgIpc) is 2.50. The van der Waals surface area contributed by atoms with Crippen molar-refractivity contribution in [1.29, 1.82) is 0 Å². The second-order valence-corrected chi connectivity index (χ2v) is 4.84. The van der Waals surface area contributed by atoms with Crippen molar-refractivity contribution >= 4 is 17.2 Å². The van der Waals surface area contributed by atoms with E-state index in [-0.39, 0.29) is 11.3 Å². The number of carbonyl (C=O) groups is 1. The highest BCUT2D eigenvalue weighted by Gasteiger charge is 2.20. The maximum Gasteiger partial charge on any atom is 0.225 e. The molecular formula is C10H15NOS. The summed E-state index contributed by atoms with van der Waals surface area (Å²) in [5.41, 5.74) is 0.873. The van der Waals surface area contributed by atoms with Gasteiger partial charge in [-0.1, -0.05) is 20.8 Å². The third kappa shape index (κ3) is 3.19. The van der Waals surface area contributed by atoms with E-state index in [0.717, 1.165) is 0 Å². The van der Waals surface area contributed by atoms with Crippen molar-refractivity contribution < 1.29 is 4.79 Å². The molecule has 0 unspecified atom stereocenters. The summed E-state index contributed by atoms with van der Waals surface area (Å²) in [5.74, 6) is 0.0960. The summed E-state index contributed by atoms with van der Waals surface area (Å²) in [4.78, 5) is 11.5. The summed E-state index contributed by atoms with van der Waals surface area (Å²) in [6.07, 6.45) is 0. The van der Waals surface area contributed by atoms with Gasteiger partial charge in [0, 0.05) is 12.0 Å². The largest absolute Gasteiger partial charge is 0.352 e. The summed E-state index contributed by atoms with van der Waals surface area (Å²) in [6.45, 7) is 6.38. The maximum atomic E-state index is 11.5. The van der Waals surface area contributed by atoms with Crippen LogP contribution in [0.15, 0.2) is 16.8 Å². The number of carbonyl (C=O) groups excluding carboxylic acids is 1. The fourth-order valence-corrected chi connectivity index (χ4v) is 1.51. The van der Waals surface area contributed by atoms with Crippen LogP contribution in [0.1, 0.15) is 26.3 Å². The molecule has 0 fully saturated rings. The Morgan fingerprint density at radius 2 is 2.23 bits per heavy atom. The lowest BCUT2D eigenvalue weighted by Crippen LogP contribution is -2.34. The highest BCUT2D eigenvalue weighted by Crippen LogP contribution is 2.13. The quantitative estimate of drug-likeness (QED) is 0.775. The zero-order chi connectivity index (χ0) is 9.90. The van der Waals surface area contributed by atoms with Crippen molar-refractivity contribution in [2.75, 3.05) is 0 Å². The summed E-state index contributed by atoms with van der Waals surface area (Å²) >= 11 is 1.65. The smallest absolute Gasteiger partial charge is 0.225 e. The Balaban J connectivity index is 2.40. The predicted molar refractivity (Wildman–Crippen MR) is 55.6 cm³/mol. The van der Waals surface area contributed by atoms with Crippen LogP contribution in [0.3, 0.4) is 0 Å². The molecule has 1 N–H and O–H groups in total. The van der Waals surface area contributed by atoms with Crippen LogP contribution in [0.25, 0.3) is 0 Å². The van der Waals surface area contributed by atoms with E-state index in [4.69, 9.17) is 0 Å². The molecule has 0 aliphatic carbocycles. The molecule has 13 heavy (non-hydrogen) atoms. The third-order valence-electron chi connectivity index (χ3n) is 1.71. The van der Waals surface area contributed by atoms with Crippen molar-refractivity contribution in [3.05, 3.63) is 22.4 Å². The molecule has 72 valence electrons. The number of rotatable bonds is 2. The molecule has 0 aromatic carbocycles. The Morgan fingerprint density at radius 1 is 1.54 bits per heavy atom. The van der Waals surface area contributed by atoms with Crippen molar-refractivity contribution in [3.8, 4) is 0 Å². The third-order valence-corrected chi connectivity index (χ3v) is 2.45. The van der Waals surface area contributed by atoms with Gasteiger partial charge >= 0.3 is 0 Å². The molecule has 0 aliphatic heterocycles. The van der Waals surface area contributed by atoms with E-state index in [1.165, 1.54) is 5.56 Å². The van der Waals surface area contributed by atoms with E-state index in [2.05, 4.69) is 5.32 Å². The second-order valence-electron chi connectivity index (χ2n) is 4.06.